The highest BCUT2D eigenvalue weighted by Gasteiger charge is 2.26. The van der Waals surface area contributed by atoms with Crippen LogP contribution in [0.15, 0.2) is 24.2 Å². The van der Waals surface area contributed by atoms with E-state index in [0.717, 1.165) is 0 Å². The quantitative estimate of drug-likeness (QED) is 0.633. The Labute approximate surface area is 83.3 Å². The lowest BCUT2D eigenvalue weighted by Crippen LogP contribution is -2.43. The van der Waals surface area contributed by atoms with Crippen LogP contribution in [0.1, 0.15) is 26.7 Å². The maximum absolute atomic E-state index is 4.08. The molecular weight excluding hydrogens is 176 g/mol. The molecule has 0 amide bonds. The van der Waals surface area contributed by atoms with Gasteiger partial charge in [-0.15, -0.1) is 6.58 Å². The maximum atomic E-state index is 4.08. The van der Waals surface area contributed by atoms with Crippen molar-refractivity contribution in [2.75, 3.05) is 13.6 Å². The minimum Gasteiger partial charge on any atom is -0.388 e. The van der Waals surface area contributed by atoms with Gasteiger partial charge in [0.25, 0.3) is 9.12 Å². The van der Waals surface area contributed by atoms with E-state index in [1.165, 1.54) is 24.6 Å². The van der Waals surface area contributed by atoms with E-state index < -0.39 is 9.12 Å². The SMILES string of the molecule is C=C(C)[SiH]1N(C)C=CN1CCCC. The molecule has 0 aromatic rings. The third-order valence-corrected chi connectivity index (χ3v) is 5.29. The van der Waals surface area contributed by atoms with E-state index in [1.807, 2.05) is 0 Å². The Balaban J connectivity index is 2.53. The van der Waals surface area contributed by atoms with E-state index in [9.17, 15) is 0 Å². The summed E-state index contributed by atoms with van der Waals surface area (Å²) in [5, 5.41) is 1.35. The Morgan fingerprint density at radius 1 is 1.46 bits per heavy atom. The third-order valence-electron chi connectivity index (χ3n) is 2.40. The van der Waals surface area contributed by atoms with E-state index in [-0.39, 0.29) is 0 Å². The summed E-state index contributed by atoms with van der Waals surface area (Å²) in [6, 6.07) is 0. The van der Waals surface area contributed by atoms with Crippen molar-refractivity contribution in [2.45, 2.75) is 26.7 Å². The summed E-state index contributed by atoms with van der Waals surface area (Å²) in [6.07, 6.45) is 6.96. The first-order valence-electron chi connectivity index (χ1n) is 4.98. The predicted octanol–water partition coefficient (Wildman–Crippen LogP) is 1.84. The van der Waals surface area contributed by atoms with E-state index in [2.05, 4.69) is 49.0 Å². The zero-order valence-electron chi connectivity index (χ0n) is 8.95. The van der Waals surface area contributed by atoms with E-state index in [0.29, 0.717) is 0 Å². The van der Waals surface area contributed by atoms with Crippen LogP contribution < -0.4 is 0 Å². The van der Waals surface area contributed by atoms with Crippen LogP contribution in [0.2, 0.25) is 0 Å². The van der Waals surface area contributed by atoms with Crippen LogP contribution >= 0.6 is 0 Å². The van der Waals surface area contributed by atoms with Crippen LogP contribution in [-0.2, 0) is 0 Å². The van der Waals surface area contributed by atoms with Crippen molar-refractivity contribution in [1.82, 2.24) is 9.13 Å². The van der Waals surface area contributed by atoms with Gasteiger partial charge in [0, 0.05) is 18.9 Å². The fourth-order valence-corrected chi connectivity index (χ4v) is 4.39. The molecule has 0 saturated heterocycles. The zero-order chi connectivity index (χ0) is 9.84. The molecule has 2 nitrogen and oxygen atoms in total. The number of hydrogen-bond donors (Lipinski definition) is 0. The molecule has 1 atom stereocenters. The second kappa shape index (κ2) is 4.51. The molecule has 0 spiro atoms. The zero-order valence-corrected chi connectivity index (χ0v) is 10.1. The average molecular weight is 196 g/mol. The molecule has 1 heterocycles. The Kier molecular flexibility index (Phi) is 3.60. The first kappa shape index (κ1) is 10.4. The van der Waals surface area contributed by atoms with Gasteiger partial charge in [-0.2, -0.15) is 0 Å². The first-order valence-corrected chi connectivity index (χ1v) is 6.59. The molecule has 1 aliphatic heterocycles. The molecule has 0 aromatic heterocycles. The van der Waals surface area contributed by atoms with E-state index >= 15 is 0 Å². The van der Waals surface area contributed by atoms with Gasteiger partial charge in [-0.1, -0.05) is 18.5 Å². The molecular formula is C10H20N2Si. The second-order valence-electron chi connectivity index (χ2n) is 3.78. The predicted molar refractivity (Wildman–Crippen MR) is 60.5 cm³/mol. The largest absolute Gasteiger partial charge is 0.388 e. The van der Waals surface area contributed by atoms with Crippen LogP contribution in [0.4, 0.5) is 0 Å². The van der Waals surface area contributed by atoms with E-state index in [1.54, 1.807) is 0 Å². The number of hydrogen-bond acceptors (Lipinski definition) is 2. The lowest BCUT2D eigenvalue weighted by molar-refractivity contribution is 0.532. The van der Waals surface area contributed by atoms with Gasteiger partial charge in [-0.05, 0) is 20.4 Å². The summed E-state index contributed by atoms with van der Waals surface area (Å²) in [4.78, 5) is 0. The first-order chi connectivity index (χ1) is 6.16. The lowest BCUT2D eigenvalue weighted by atomic mass is 10.3. The monoisotopic (exact) mass is 196 g/mol. The van der Waals surface area contributed by atoms with Crippen LogP contribution in [0.25, 0.3) is 0 Å². The minimum atomic E-state index is -1.03. The highest BCUT2D eigenvalue weighted by Crippen LogP contribution is 2.16. The van der Waals surface area contributed by atoms with Gasteiger partial charge in [0.2, 0.25) is 0 Å². The minimum absolute atomic E-state index is 1.03. The van der Waals surface area contributed by atoms with Crippen molar-refractivity contribution in [3.8, 4) is 0 Å². The second-order valence-corrected chi connectivity index (χ2v) is 6.99. The summed E-state index contributed by atoms with van der Waals surface area (Å²) in [5.74, 6) is 0. The summed E-state index contributed by atoms with van der Waals surface area (Å²) in [5.41, 5.74) is 0. The normalized spacial score (nSPS) is 21.3. The fraction of sp³-hybridized carbons (Fsp3) is 0.600. The molecule has 13 heavy (non-hydrogen) atoms. The van der Waals surface area contributed by atoms with Gasteiger partial charge < -0.3 is 9.13 Å². The number of nitrogens with zero attached hydrogens (tertiary/aromatic N) is 2. The molecule has 0 saturated carbocycles. The molecule has 1 aliphatic rings. The van der Waals surface area contributed by atoms with Gasteiger partial charge in [0.15, 0.2) is 0 Å². The summed E-state index contributed by atoms with van der Waals surface area (Å²) < 4.78 is 4.84. The highest BCUT2D eigenvalue weighted by molar-refractivity contribution is 6.62. The molecule has 1 unspecified atom stereocenters. The average Bonchev–Trinajstić information content (AvgIpc) is 2.43. The standard InChI is InChI=1S/C10H20N2Si/c1-5-6-7-12-9-8-11(4)13(12)10(2)3/h8-9,13H,2,5-7H2,1,3-4H3. The molecule has 0 N–H and O–H groups in total. The molecule has 0 fully saturated rings. The molecule has 1 rings (SSSR count). The fourth-order valence-electron chi connectivity index (χ4n) is 1.76. The third kappa shape index (κ3) is 2.37. The topological polar surface area (TPSA) is 6.48 Å². The summed E-state index contributed by atoms with van der Waals surface area (Å²) >= 11 is 0. The Bertz CT molecular complexity index is 213. The van der Waals surface area contributed by atoms with Crippen molar-refractivity contribution >= 4 is 9.12 Å². The van der Waals surface area contributed by atoms with Gasteiger partial charge in [0.1, 0.15) is 0 Å². The molecule has 74 valence electrons. The van der Waals surface area contributed by atoms with Crippen molar-refractivity contribution in [3.05, 3.63) is 24.2 Å². The number of rotatable bonds is 4. The van der Waals surface area contributed by atoms with Gasteiger partial charge in [-0.25, -0.2) is 0 Å². The highest BCUT2D eigenvalue weighted by atomic mass is 28.3. The van der Waals surface area contributed by atoms with Gasteiger partial charge >= 0.3 is 0 Å². The molecule has 0 radical (unpaired) electrons. The molecule has 3 heteroatoms. The van der Waals surface area contributed by atoms with Gasteiger partial charge in [-0.3, -0.25) is 0 Å². The van der Waals surface area contributed by atoms with Crippen molar-refractivity contribution < 1.29 is 0 Å². The van der Waals surface area contributed by atoms with Crippen molar-refractivity contribution in [2.24, 2.45) is 0 Å². The Morgan fingerprint density at radius 3 is 2.69 bits per heavy atom. The molecule has 0 aromatic carbocycles. The Morgan fingerprint density at radius 2 is 2.15 bits per heavy atom. The van der Waals surface area contributed by atoms with Crippen LogP contribution in [-0.4, -0.2) is 31.8 Å². The lowest BCUT2D eigenvalue weighted by Gasteiger charge is -2.28. The van der Waals surface area contributed by atoms with Crippen molar-refractivity contribution in [1.29, 1.82) is 0 Å². The number of allylic oxidation sites excluding steroid dienone is 1. The maximum Gasteiger partial charge on any atom is 0.275 e. The van der Waals surface area contributed by atoms with Crippen LogP contribution in [0.3, 0.4) is 0 Å². The smallest absolute Gasteiger partial charge is 0.275 e. The molecule has 0 bridgehead atoms. The van der Waals surface area contributed by atoms with Crippen LogP contribution in [0.5, 0.6) is 0 Å². The van der Waals surface area contributed by atoms with Gasteiger partial charge in [0.05, 0.1) is 0 Å². The summed E-state index contributed by atoms with van der Waals surface area (Å²) in [6.45, 7) is 9.67. The van der Waals surface area contributed by atoms with E-state index in [4.69, 9.17) is 0 Å². The number of unbranched alkanes of at least 4 members (excludes halogenated alkanes) is 1. The summed E-state index contributed by atoms with van der Waals surface area (Å²) in [7, 11) is 1.13. The van der Waals surface area contributed by atoms with Crippen LogP contribution in [0, 0.1) is 0 Å². The molecule has 0 aliphatic carbocycles. The Hall–Kier alpha value is -0.703. The van der Waals surface area contributed by atoms with Crippen molar-refractivity contribution in [3.63, 3.8) is 0 Å².